The van der Waals surface area contributed by atoms with E-state index in [0.29, 0.717) is 22.7 Å². The first kappa shape index (κ1) is 21.3. The van der Waals surface area contributed by atoms with Gasteiger partial charge in [0.1, 0.15) is 5.54 Å². The van der Waals surface area contributed by atoms with E-state index in [9.17, 15) is 14.4 Å². The summed E-state index contributed by atoms with van der Waals surface area (Å²) in [5, 5.41) is 7.77. The number of carbonyl (C=O) groups is 3. The number of para-hydroxylation sites is 2. The summed E-state index contributed by atoms with van der Waals surface area (Å²) in [7, 11) is 1.53. The zero-order valence-corrected chi connectivity index (χ0v) is 19.2. The molecule has 3 aliphatic rings. The van der Waals surface area contributed by atoms with Crippen molar-refractivity contribution in [2.24, 2.45) is 11.8 Å². The Hall–Kier alpha value is -3.20. The highest BCUT2D eigenvalue weighted by Gasteiger charge is 2.70. The monoisotopic (exact) mass is 478 g/mol. The molecule has 3 N–H and O–H groups in total. The average Bonchev–Trinajstić information content (AvgIpc) is 3.54. The Morgan fingerprint density at radius 2 is 1.91 bits per heavy atom. The molecule has 3 aromatic rings. The van der Waals surface area contributed by atoms with Gasteiger partial charge in [-0.2, -0.15) is 0 Å². The van der Waals surface area contributed by atoms with Crippen LogP contribution in [0.2, 0.25) is 5.02 Å². The number of methoxy groups -OCH3 is 1. The van der Waals surface area contributed by atoms with Gasteiger partial charge in [-0.25, -0.2) is 0 Å². The van der Waals surface area contributed by atoms with Crippen LogP contribution in [0.4, 0.5) is 5.69 Å². The molecule has 4 atom stereocenters. The van der Waals surface area contributed by atoms with Gasteiger partial charge in [-0.15, -0.1) is 0 Å². The van der Waals surface area contributed by atoms with Gasteiger partial charge >= 0.3 is 0 Å². The number of carbonyl (C=O) groups excluding carboxylic acids is 3. The van der Waals surface area contributed by atoms with Gasteiger partial charge in [0.25, 0.3) is 0 Å². The van der Waals surface area contributed by atoms with Crippen molar-refractivity contribution in [1.82, 2.24) is 15.2 Å². The van der Waals surface area contributed by atoms with Crippen molar-refractivity contribution in [2.45, 2.75) is 18.0 Å². The number of hydrogen-bond acceptors (Lipinski definition) is 5. The number of nitrogens with zero attached hydrogens (tertiary/aromatic N) is 1. The van der Waals surface area contributed by atoms with Crippen LogP contribution < -0.4 is 10.6 Å². The Morgan fingerprint density at radius 3 is 2.74 bits per heavy atom. The molecule has 0 bridgehead atoms. The number of rotatable bonds is 5. The third-order valence-corrected chi connectivity index (χ3v) is 7.74. The van der Waals surface area contributed by atoms with Crippen LogP contribution in [0.15, 0.2) is 48.7 Å². The van der Waals surface area contributed by atoms with E-state index in [4.69, 9.17) is 16.3 Å². The number of ether oxygens (including phenoxy) is 1. The number of hydrogen-bond donors (Lipinski definition) is 3. The molecule has 1 aromatic heterocycles. The minimum absolute atomic E-state index is 0.154. The van der Waals surface area contributed by atoms with Gasteiger partial charge in [0.2, 0.25) is 17.7 Å². The summed E-state index contributed by atoms with van der Waals surface area (Å²) in [4.78, 5) is 45.3. The fourth-order valence-electron chi connectivity index (χ4n) is 5.97. The van der Waals surface area contributed by atoms with Crippen LogP contribution in [0.1, 0.15) is 11.1 Å². The lowest BCUT2D eigenvalue weighted by atomic mass is 9.76. The van der Waals surface area contributed by atoms with E-state index >= 15 is 0 Å². The summed E-state index contributed by atoms with van der Waals surface area (Å²) < 4.78 is 5.13. The molecule has 3 amide bonds. The van der Waals surface area contributed by atoms with E-state index < -0.39 is 23.4 Å². The Bertz CT molecular complexity index is 1350. The van der Waals surface area contributed by atoms with E-state index in [-0.39, 0.29) is 30.9 Å². The molecule has 1 spiro atoms. The number of nitrogens with one attached hydrogen (secondary N) is 3. The van der Waals surface area contributed by atoms with Crippen molar-refractivity contribution in [3.63, 3.8) is 0 Å². The molecular formula is C25H23ClN4O4. The van der Waals surface area contributed by atoms with Gasteiger partial charge < -0.3 is 15.0 Å². The van der Waals surface area contributed by atoms with Crippen LogP contribution in [0.25, 0.3) is 10.9 Å². The first-order valence-electron chi connectivity index (χ1n) is 11.2. The second-order valence-corrected chi connectivity index (χ2v) is 9.47. The zero-order chi connectivity index (χ0) is 23.6. The summed E-state index contributed by atoms with van der Waals surface area (Å²) >= 11 is 6.39. The summed E-state index contributed by atoms with van der Waals surface area (Å²) in [5.41, 5.74) is 1.74. The molecule has 3 aliphatic heterocycles. The number of aromatic nitrogens is 1. The van der Waals surface area contributed by atoms with Crippen molar-refractivity contribution in [2.75, 3.05) is 25.6 Å². The van der Waals surface area contributed by atoms with Crippen molar-refractivity contribution >= 4 is 45.9 Å². The number of halogens is 1. The lowest BCUT2D eigenvalue weighted by Crippen LogP contribution is -2.53. The van der Waals surface area contributed by atoms with Crippen LogP contribution in [0.3, 0.4) is 0 Å². The number of aromatic amines is 1. The SMILES string of the molecule is COCCN1C(=O)[C@@H]2[C@H](Cc3c[nH]c4ccccc34)N[C@]3(C(=O)Nc4c(Cl)cccc43)[C@@H]2C1=O. The molecule has 6 rings (SSSR count). The van der Waals surface area contributed by atoms with Gasteiger partial charge in [0.15, 0.2) is 0 Å². The van der Waals surface area contributed by atoms with Gasteiger partial charge in [0.05, 0.1) is 35.7 Å². The number of likely N-dealkylation sites (tertiary alicyclic amines) is 1. The third-order valence-electron chi connectivity index (χ3n) is 7.42. The fraction of sp³-hybridized carbons (Fsp3) is 0.320. The molecule has 2 fully saturated rings. The Kier molecular flexibility index (Phi) is 4.81. The van der Waals surface area contributed by atoms with Crippen LogP contribution in [-0.2, 0) is 31.1 Å². The molecule has 0 unspecified atom stereocenters. The van der Waals surface area contributed by atoms with Gasteiger partial charge in [0, 0.05) is 35.8 Å². The molecule has 174 valence electrons. The van der Waals surface area contributed by atoms with Gasteiger partial charge in [-0.1, -0.05) is 41.9 Å². The van der Waals surface area contributed by atoms with Crippen molar-refractivity contribution in [1.29, 1.82) is 0 Å². The first-order chi connectivity index (χ1) is 16.5. The molecule has 9 heteroatoms. The van der Waals surface area contributed by atoms with E-state index in [2.05, 4.69) is 15.6 Å². The zero-order valence-electron chi connectivity index (χ0n) is 18.4. The van der Waals surface area contributed by atoms with E-state index in [1.807, 2.05) is 30.5 Å². The minimum atomic E-state index is -1.36. The number of fused-ring (bicyclic) bond motifs is 5. The van der Waals surface area contributed by atoms with E-state index in [1.165, 1.54) is 12.0 Å². The van der Waals surface area contributed by atoms with E-state index in [1.54, 1.807) is 18.2 Å². The summed E-state index contributed by atoms with van der Waals surface area (Å²) in [6.07, 6.45) is 2.41. The van der Waals surface area contributed by atoms with Gasteiger partial charge in [-0.3, -0.25) is 24.6 Å². The standard InChI is InChI=1S/C25H23ClN4O4/c1-34-10-9-30-22(31)19-18(11-13-12-27-17-8-3-2-5-14(13)17)29-25(20(19)23(30)32)15-6-4-7-16(26)21(15)28-24(25)33/h2-8,12,18-20,27,29H,9-11H2,1H3,(H,28,33)/t18-,19+,20-,25-/m0/s1. The number of imide groups is 1. The molecule has 0 saturated carbocycles. The molecule has 8 nitrogen and oxygen atoms in total. The molecule has 34 heavy (non-hydrogen) atoms. The Labute approximate surface area is 200 Å². The highest BCUT2D eigenvalue weighted by atomic mass is 35.5. The minimum Gasteiger partial charge on any atom is -0.383 e. The number of amides is 3. The van der Waals surface area contributed by atoms with Crippen LogP contribution >= 0.6 is 11.6 Å². The summed E-state index contributed by atoms with van der Waals surface area (Å²) in [5.74, 6) is -2.55. The number of anilines is 1. The predicted octanol–water partition coefficient (Wildman–Crippen LogP) is 2.43. The second-order valence-electron chi connectivity index (χ2n) is 9.06. The largest absolute Gasteiger partial charge is 0.383 e. The maximum atomic E-state index is 13.7. The van der Waals surface area contributed by atoms with Crippen LogP contribution in [0, 0.1) is 11.8 Å². The van der Waals surface area contributed by atoms with Crippen molar-refractivity contribution < 1.29 is 19.1 Å². The van der Waals surface area contributed by atoms with E-state index in [0.717, 1.165) is 16.5 Å². The third kappa shape index (κ3) is 2.76. The maximum Gasteiger partial charge on any atom is 0.250 e. The number of H-pyrrole nitrogens is 1. The highest BCUT2D eigenvalue weighted by molar-refractivity contribution is 6.35. The first-order valence-corrected chi connectivity index (χ1v) is 11.6. The Morgan fingerprint density at radius 1 is 1.09 bits per heavy atom. The van der Waals surface area contributed by atoms with Crippen molar-refractivity contribution in [3.05, 3.63) is 64.8 Å². The lowest BCUT2D eigenvalue weighted by molar-refractivity contribution is -0.143. The van der Waals surface area contributed by atoms with Crippen molar-refractivity contribution in [3.8, 4) is 0 Å². The Balaban J connectivity index is 1.47. The molecular weight excluding hydrogens is 456 g/mol. The predicted molar refractivity (Wildman–Crippen MR) is 126 cm³/mol. The lowest BCUT2D eigenvalue weighted by Gasteiger charge is -2.29. The number of benzene rings is 2. The van der Waals surface area contributed by atoms with Crippen LogP contribution in [0.5, 0.6) is 0 Å². The second kappa shape index (κ2) is 7.66. The summed E-state index contributed by atoms with van der Waals surface area (Å²) in [6, 6.07) is 12.8. The molecule has 0 aliphatic carbocycles. The van der Waals surface area contributed by atoms with Gasteiger partial charge in [-0.05, 0) is 24.1 Å². The molecule has 4 heterocycles. The molecule has 2 saturated heterocycles. The smallest absolute Gasteiger partial charge is 0.250 e. The topological polar surface area (TPSA) is 104 Å². The quantitative estimate of drug-likeness (QED) is 0.489. The fourth-order valence-corrected chi connectivity index (χ4v) is 6.19. The highest BCUT2D eigenvalue weighted by Crippen LogP contribution is 2.54. The normalized spacial score (nSPS) is 27.6. The maximum absolute atomic E-state index is 13.7. The average molecular weight is 479 g/mol. The molecule has 2 aromatic carbocycles. The summed E-state index contributed by atoms with van der Waals surface area (Å²) in [6.45, 7) is 0.389. The molecule has 0 radical (unpaired) electrons. The van der Waals surface area contributed by atoms with Crippen LogP contribution in [-0.4, -0.2) is 53.9 Å².